The van der Waals surface area contributed by atoms with Gasteiger partial charge in [0.05, 0.1) is 28.9 Å². The molecular formula is C47H54BrF3N9O4P. The molecule has 1 atom stereocenters. The van der Waals surface area contributed by atoms with Gasteiger partial charge >= 0.3 is 0 Å². The van der Waals surface area contributed by atoms with Gasteiger partial charge in [-0.1, -0.05) is 13.0 Å². The van der Waals surface area contributed by atoms with Crippen LogP contribution in [0.1, 0.15) is 60.9 Å². The maximum Gasteiger partial charge on any atom is 0.234 e. The van der Waals surface area contributed by atoms with Crippen LogP contribution in [0.2, 0.25) is 0 Å². The minimum Gasteiger partial charge on any atom is -0.494 e. The van der Waals surface area contributed by atoms with E-state index in [1.165, 1.54) is 18.2 Å². The highest BCUT2D eigenvalue weighted by Crippen LogP contribution is 2.43. The van der Waals surface area contributed by atoms with Gasteiger partial charge in [0.15, 0.2) is 5.82 Å². The average molecular weight is 977 g/mol. The van der Waals surface area contributed by atoms with Crippen LogP contribution in [0, 0.1) is 24.4 Å². The predicted octanol–water partition coefficient (Wildman–Crippen LogP) is 8.17. The fourth-order valence-electron chi connectivity index (χ4n) is 9.43. The number of halogens is 4. The van der Waals surface area contributed by atoms with E-state index in [2.05, 4.69) is 75.6 Å². The first-order valence-corrected chi connectivity index (χ1v) is 25.4. The standard InChI is InChI=1S/C47H54BrF3N9O4P/c1-6-29-23-37(55-47-52-26-33(48)45(57-47)54-38-24-36(51)43-32(8-7-27(2)53-43)44(38)65(4,5)63)40(64-3)25-39(29)60-15-12-30(13-16-60)59-19-17-58(18-20-59)14-11-28-21-34(49)42(35(50)22-28)31-9-10-41(61)56-46(31)62/h7-8,21-26,30-31H,6,9-20H2,1-5H3,(H,56,61,62)(H2,52,54,55,57)/t31-/m1/s1. The number of carbonyl (C=O) groups excluding carboxylic acids is 2. The number of aryl methyl sites for hydroxylation is 2. The first-order chi connectivity index (χ1) is 31.1. The molecule has 3 saturated heterocycles. The number of amides is 2. The molecule has 3 fully saturated rings. The summed E-state index contributed by atoms with van der Waals surface area (Å²) in [5.41, 5.74) is 4.41. The summed E-state index contributed by atoms with van der Waals surface area (Å²) in [6.07, 6.45) is 5.05. The van der Waals surface area contributed by atoms with Gasteiger partial charge in [0.1, 0.15) is 35.9 Å². The summed E-state index contributed by atoms with van der Waals surface area (Å²) in [5, 5.41) is 9.71. The van der Waals surface area contributed by atoms with Crippen molar-refractivity contribution in [2.45, 2.75) is 64.3 Å². The molecule has 0 radical (unpaired) electrons. The molecule has 13 nitrogen and oxygen atoms in total. The molecule has 0 saturated carbocycles. The van der Waals surface area contributed by atoms with Gasteiger partial charge in [-0.2, -0.15) is 4.98 Å². The molecule has 0 spiro atoms. The van der Waals surface area contributed by atoms with Crippen molar-refractivity contribution in [2.75, 3.05) is 81.8 Å². The largest absolute Gasteiger partial charge is 0.494 e. The lowest BCUT2D eigenvalue weighted by molar-refractivity contribution is -0.134. The molecule has 8 rings (SSSR count). The number of nitrogens with one attached hydrogen (secondary N) is 3. The van der Waals surface area contributed by atoms with Gasteiger partial charge in [-0.3, -0.25) is 24.8 Å². The number of hydrogen-bond acceptors (Lipinski definition) is 12. The molecule has 5 heterocycles. The van der Waals surface area contributed by atoms with Crippen LogP contribution >= 0.6 is 23.1 Å². The number of piperidine rings is 2. The van der Waals surface area contributed by atoms with Crippen molar-refractivity contribution in [1.82, 2.24) is 30.1 Å². The molecular weight excluding hydrogens is 922 g/mol. The summed E-state index contributed by atoms with van der Waals surface area (Å²) in [7, 11) is -1.29. The van der Waals surface area contributed by atoms with Crippen molar-refractivity contribution in [3.8, 4) is 5.75 Å². The Labute approximate surface area is 385 Å². The second-order valence-electron chi connectivity index (χ2n) is 17.5. The highest BCUT2D eigenvalue weighted by molar-refractivity contribution is 9.10. The SMILES string of the molecule is CCc1cc(Nc2ncc(Br)c(Nc3cc(F)c4nc(C)ccc4c3P(C)(C)=O)n2)c(OC)cc1N1CCC(N2CCN(CCc3cc(F)c([C@H]4CCC(=O)NC4=O)c(F)c3)CC2)CC1. The van der Waals surface area contributed by atoms with E-state index in [9.17, 15) is 14.2 Å². The Bertz CT molecular complexity index is 2670. The van der Waals surface area contributed by atoms with Crippen LogP contribution < -0.4 is 30.9 Å². The smallest absolute Gasteiger partial charge is 0.234 e. The molecule has 65 heavy (non-hydrogen) atoms. The minimum absolute atomic E-state index is 0.0576. The van der Waals surface area contributed by atoms with E-state index in [0.29, 0.717) is 68.4 Å². The second kappa shape index (κ2) is 19.4. The quantitative estimate of drug-likeness (QED) is 0.0774. The molecule has 3 aliphatic rings. The predicted molar refractivity (Wildman–Crippen MR) is 253 cm³/mol. The van der Waals surface area contributed by atoms with Crippen LogP contribution in [-0.4, -0.2) is 109 Å². The maximum atomic E-state index is 15.5. The second-order valence-corrected chi connectivity index (χ2v) is 21.5. The van der Waals surface area contributed by atoms with Gasteiger partial charge in [0.2, 0.25) is 17.8 Å². The molecule has 344 valence electrons. The van der Waals surface area contributed by atoms with Crippen molar-refractivity contribution < 1.29 is 32.1 Å². The molecule has 3 aliphatic heterocycles. The number of aromatic nitrogens is 3. The van der Waals surface area contributed by atoms with Crippen LogP contribution in [0.3, 0.4) is 0 Å². The Hall–Kier alpha value is -5.09. The topological polar surface area (TPSA) is 145 Å². The summed E-state index contributed by atoms with van der Waals surface area (Å²) in [5.74, 6) is -2.82. The maximum absolute atomic E-state index is 15.5. The zero-order valence-electron chi connectivity index (χ0n) is 37.2. The van der Waals surface area contributed by atoms with Gasteiger partial charge in [-0.05, 0) is 104 Å². The monoisotopic (exact) mass is 975 g/mol. The zero-order chi connectivity index (χ0) is 46.2. The van der Waals surface area contributed by atoms with Crippen LogP contribution in [0.15, 0.2) is 53.1 Å². The molecule has 3 aromatic carbocycles. The van der Waals surface area contributed by atoms with Crippen molar-refractivity contribution >= 4 is 79.9 Å². The fourth-order valence-corrected chi connectivity index (χ4v) is 11.2. The highest BCUT2D eigenvalue weighted by atomic mass is 79.9. The van der Waals surface area contributed by atoms with Gasteiger partial charge < -0.3 is 29.7 Å². The highest BCUT2D eigenvalue weighted by Gasteiger charge is 2.33. The summed E-state index contributed by atoms with van der Waals surface area (Å²) >= 11 is 3.53. The van der Waals surface area contributed by atoms with Crippen molar-refractivity contribution in [1.29, 1.82) is 0 Å². The number of nitrogens with zero attached hydrogens (tertiary/aromatic N) is 6. The molecule has 0 unspecified atom stereocenters. The van der Waals surface area contributed by atoms with Crippen molar-refractivity contribution in [3.63, 3.8) is 0 Å². The molecule has 0 aliphatic carbocycles. The Balaban J connectivity index is 0.880. The number of fused-ring (bicyclic) bond motifs is 1. The van der Waals surface area contributed by atoms with Gasteiger partial charge in [0, 0.05) is 104 Å². The minimum atomic E-state index is -2.92. The van der Waals surface area contributed by atoms with E-state index in [1.807, 2.05) is 0 Å². The summed E-state index contributed by atoms with van der Waals surface area (Å²) < 4.78 is 65.7. The number of hydrogen-bond donors (Lipinski definition) is 3. The Morgan fingerprint density at radius 1 is 0.908 bits per heavy atom. The third-order valence-electron chi connectivity index (χ3n) is 12.8. The summed E-state index contributed by atoms with van der Waals surface area (Å²) in [4.78, 5) is 44.7. The molecule has 18 heteroatoms. The van der Waals surface area contributed by atoms with E-state index < -0.39 is 42.3 Å². The van der Waals surface area contributed by atoms with E-state index in [1.54, 1.807) is 45.7 Å². The Morgan fingerprint density at radius 3 is 2.29 bits per heavy atom. The number of anilines is 5. The number of rotatable bonds is 13. The van der Waals surface area contributed by atoms with E-state index in [4.69, 9.17) is 9.72 Å². The lowest BCUT2D eigenvalue weighted by atomic mass is 9.89. The van der Waals surface area contributed by atoms with Gasteiger partial charge in [-0.25, -0.2) is 18.2 Å². The van der Waals surface area contributed by atoms with E-state index in [0.717, 1.165) is 69.8 Å². The van der Waals surface area contributed by atoms with Crippen molar-refractivity contribution in [2.24, 2.45) is 0 Å². The summed E-state index contributed by atoms with van der Waals surface area (Å²) in [6, 6.07) is 12.1. The fraction of sp³-hybridized carbons (Fsp3) is 0.426. The number of methoxy groups -OCH3 is 1. The lowest BCUT2D eigenvalue weighted by Crippen LogP contribution is -2.53. The number of piperazine rings is 1. The number of benzene rings is 3. The number of ether oxygens (including phenoxy) is 1. The van der Waals surface area contributed by atoms with Crippen LogP contribution in [0.4, 0.5) is 42.0 Å². The van der Waals surface area contributed by atoms with Gasteiger partial charge in [-0.15, -0.1) is 0 Å². The number of pyridine rings is 1. The Morgan fingerprint density at radius 2 is 1.63 bits per heavy atom. The van der Waals surface area contributed by atoms with E-state index >= 15 is 13.2 Å². The lowest BCUT2D eigenvalue weighted by Gasteiger charge is -2.43. The normalized spacial score (nSPS) is 18.0. The third kappa shape index (κ3) is 10.2. The summed E-state index contributed by atoms with van der Waals surface area (Å²) in [6.45, 7) is 13.2. The average Bonchev–Trinajstić information content (AvgIpc) is 3.27. The zero-order valence-corrected chi connectivity index (χ0v) is 39.7. The van der Waals surface area contributed by atoms with Crippen LogP contribution in [0.5, 0.6) is 5.75 Å². The first kappa shape index (κ1) is 46.4. The van der Waals surface area contributed by atoms with Crippen LogP contribution in [-0.2, 0) is 27.0 Å². The van der Waals surface area contributed by atoms with Gasteiger partial charge in [0.25, 0.3) is 0 Å². The number of carbonyl (C=O) groups is 2. The third-order valence-corrected chi connectivity index (χ3v) is 14.9. The molecule has 5 aromatic rings. The van der Waals surface area contributed by atoms with Crippen molar-refractivity contribution in [3.05, 3.63) is 93.0 Å². The molecule has 3 N–H and O–H groups in total. The van der Waals surface area contributed by atoms with E-state index in [-0.39, 0.29) is 29.9 Å². The number of imide groups is 1. The first-order valence-electron chi connectivity index (χ1n) is 22.1. The Kier molecular flexibility index (Phi) is 13.9. The molecule has 2 aromatic heterocycles. The molecule has 2 amide bonds. The molecule has 0 bridgehead atoms. The van der Waals surface area contributed by atoms with Crippen LogP contribution in [0.25, 0.3) is 10.9 Å².